The molecule has 1 aliphatic carbocycles. The summed E-state index contributed by atoms with van der Waals surface area (Å²) in [6, 6.07) is 0. The number of nitrogens with one attached hydrogen (secondary N) is 2. The Bertz CT molecular complexity index is 397. The average Bonchev–Trinajstić information content (AvgIpc) is 2.96. The van der Waals surface area contributed by atoms with E-state index in [2.05, 4.69) is 15.5 Å². The molecule has 0 unspecified atom stereocenters. The van der Waals surface area contributed by atoms with Crippen molar-refractivity contribution in [3.8, 4) is 0 Å². The zero-order chi connectivity index (χ0) is 15.5. The molecule has 1 saturated heterocycles. The highest BCUT2D eigenvalue weighted by Crippen LogP contribution is 2.37. The summed E-state index contributed by atoms with van der Waals surface area (Å²) in [7, 11) is 0. The van der Waals surface area contributed by atoms with E-state index in [4.69, 9.17) is 0 Å². The smallest absolute Gasteiger partial charge is 0.311 e. The van der Waals surface area contributed by atoms with Crippen LogP contribution in [0.4, 0.5) is 0 Å². The molecule has 0 aromatic carbocycles. The van der Waals surface area contributed by atoms with E-state index in [0.717, 1.165) is 39.0 Å². The lowest BCUT2D eigenvalue weighted by atomic mass is 9.86. The number of nitrogens with zero attached hydrogens (tertiary/aromatic N) is 1. The molecule has 1 heterocycles. The SMILES string of the molecule is CC(C)(C(=O)NCC1(C(=O)O)CCCC1)N1CCNCC1. The van der Waals surface area contributed by atoms with Crippen molar-refractivity contribution in [1.82, 2.24) is 15.5 Å². The molecule has 21 heavy (non-hydrogen) atoms. The largest absolute Gasteiger partial charge is 0.481 e. The molecule has 0 aromatic heterocycles. The Kier molecular flexibility index (Phi) is 4.88. The van der Waals surface area contributed by atoms with Crippen molar-refractivity contribution in [3.63, 3.8) is 0 Å². The summed E-state index contributed by atoms with van der Waals surface area (Å²) in [6.45, 7) is 7.52. The second-order valence-corrected chi connectivity index (χ2v) is 6.77. The van der Waals surface area contributed by atoms with Gasteiger partial charge in [-0.15, -0.1) is 0 Å². The van der Waals surface area contributed by atoms with Gasteiger partial charge < -0.3 is 15.7 Å². The Morgan fingerprint density at radius 2 is 1.81 bits per heavy atom. The average molecular weight is 297 g/mol. The van der Waals surface area contributed by atoms with Gasteiger partial charge in [0.1, 0.15) is 0 Å². The summed E-state index contributed by atoms with van der Waals surface area (Å²) < 4.78 is 0. The van der Waals surface area contributed by atoms with Crippen molar-refractivity contribution >= 4 is 11.9 Å². The molecule has 1 aliphatic heterocycles. The maximum atomic E-state index is 12.5. The van der Waals surface area contributed by atoms with Crippen LogP contribution in [0.1, 0.15) is 39.5 Å². The van der Waals surface area contributed by atoms with E-state index in [1.807, 2.05) is 13.8 Å². The number of aliphatic carboxylic acids is 1. The second kappa shape index (κ2) is 6.32. The fourth-order valence-corrected chi connectivity index (χ4v) is 3.35. The molecule has 0 aromatic rings. The maximum Gasteiger partial charge on any atom is 0.311 e. The van der Waals surface area contributed by atoms with Crippen LogP contribution in [0.5, 0.6) is 0 Å². The number of rotatable bonds is 5. The van der Waals surface area contributed by atoms with Crippen LogP contribution in [0.2, 0.25) is 0 Å². The van der Waals surface area contributed by atoms with Gasteiger partial charge in [-0.25, -0.2) is 0 Å². The van der Waals surface area contributed by atoms with Gasteiger partial charge in [-0.2, -0.15) is 0 Å². The van der Waals surface area contributed by atoms with Crippen LogP contribution < -0.4 is 10.6 Å². The van der Waals surface area contributed by atoms with Crippen LogP contribution in [0.3, 0.4) is 0 Å². The van der Waals surface area contributed by atoms with Gasteiger partial charge >= 0.3 is 5.97 Å². The molecule has 0 spiro atoms. The Labute approximate surface area is 126 Å². The van der Waals surface area contributed by atoms with Gasteiger partial charge in [0.2, 0.25) is 5.91 Å². The van der Waals surface area contributed by atoms with Crippen molar-refractivity contribution in [3.05, 3.63) is 0 Å². The lowest BCUT2D eigenvalue weighted by Crippen LogP contribution is -2.60. The highest BCUT2D eigenvalue weighted by Gasteiger charge is 2.43. The number of carboxylic acids is 1. The van der Waals surface area contributed by atoms with Gasteiger partial charge in [0.25, 0.3) is 0 Å². The standard InChI is InChI=1S/C15H27N3O3/c1-14(2,18-9-7-16-8-10-18)12(19)17-11-15(13(20)21)5-3-4-6-15/h16H,3-11H2,1-2H3,(H,17,19)(H,20,21). The Balaban J connectivity index is 1.95. The van der Waals surface area contributed by atoms with Crippen LogP contribution in [0, 0.1) is 5.41 Å². The van der Waals surface area contributed by atoms with E-state index in [-0.39, 0.29) is 12.5 Å². The summed E-state index contributed by atoms with van der Waals surface area (Å²) >= 11 is 0. The van der Waals surface area contributed by atoms with Gasteiger partial charge in [0.15, 0.2) is 0 Å². The number of amides is 1. The highest BCUT2D eigenvalue weighted by atomic mass is 16.4. The molecule has 1 amide bonds. The van der Waals surface area contributed by atoms with E-state index in [0.29, 0.717) is 12.8 Å². The topological polar surface area (TPSA) is 81.7 Å². The molecule has 3 N–H and O–H groups in total. The van der Waals surface area contributed by atoms with Crippen molar-refractivity contribution in [2.24, 2.45) is 5.41 Å². The number of hydrogen-bond donors (Lipinski definition) is 3. The van der Waals surface area contributed by atoms with Gasteiger partial charge in [-0.1, -0.05) is 12.8 Å². The van der Waals surface area contributed by atoms with Crippen LogP contribution in [-0.4, -0.2) is 60.1 Å². The third kappa shape index (κ3) is 3.37. The van der Waals surface area contributed by atoms with Gasteiger partial charge in [-0.05, 0) is 26.7 Å². The van der Waals surface area contributed by atoms with E-state index in [1.165, 1.54) is 0 Å². The fraction of sp³-hybridized carbons (Fsp3) is 0.867. The Morgan fingerprint density at radius 1 is 1.24 bits per heavy atom. The first-order valence-corrected chi connectivity index (χ1v) is 7.86. The van der Waals surface area contributed by atoms with Crippen LogP contribution >= 0.6 is 0 Å². The van der Waals surface area contributed by atoms with Crippen LogP contribution in [0.15, 0.2) is 0 Å². The van der Waals surface area contributed by atoms with Gasteiger partial charge in [0, 0.05) is 32.7 Å². The molecule has 6 nitrogen and oxygen atoms in total. The lowest BCUT2D eigenvalue weighted by molar-refractivity contribution is -0.149. The molecular formula is C15H27N3O3. The van der Waals surface area contributed by atoms with Crippen molar-refractivity contribution in [2.45, 2.75) is 45.1 Å². The molecule has 6 heteroatoms. The normalized spacial score (nSPS) is 23.0. The highest BCUT2D eigenvalue weighted by molar-refractivity contribution is 5.86. The maximum absolute atomic E-state index is 12.5. The second-order valence-electron chi connectivity index (χ2n) is 6.77. The van der Waals surface area contributed by atoms with E-state index < -0.39 is 16.9 Å². The minimum Gasteiger partial charge on any atom is -0.481 e. The summed E-state index contributed by atoms with van der Waals surface area (Å²) in [5.74, 6) is -0.850. The van der Waals surface area contributed by atoms with E-state index >= 15 is 0 Å². The van der Waals surface area contributed by atoms with E-state index in [1.54, 1.807) is 0 Å². The zero-order valence-corrected chi connectivity index (χ0v) is 13.1. The molecule has 0 atom stereocenters. The van der Waals surface area contributed by atoms with Crippen molar-refractivity contribution in [1.29, 1.82) is 0 Å². The molecular weight excluding hydrogens is 270 g/mol. The first kappa shape index (κ1) is 16.2. The molecule has 120 valence electrons. The Hall–Kier alpha value is -1.14. The Morgan fingerprint density at radius 3 is 2.33 bits per heavy atom. The van der Waals surface area contributed by atoms with Crippen LogP contribution in [0.25, 0.3) is 0 Å². The number of carbonyl (C=O) groups is 2. The summed E-state index contributed by atoms with van der Waals surface area (Å²) in [5.41, 5.74) is -1.35. The predicted molar refractivity (Wildman–Crippen MR) is 80.1 cm³/mol. The van der Waals surface area contributed by atoms with Crippen molar-refractivity contribution in [2.75, 3.05) is 32.7 Å². The summed E-state index contributed by atoms with van der Waals surface area (Å²) in [5, 5.41) is 15.6. The third-order valence-corrected chi connectivity index (χ3v) is 5.06. The van der Waals surface area contributed by atoms with Crippen LogP contribution in [-0.2, 0) is 9.59 Å². The summed E-state index contributed by atoms with van der Waals surface area (Å²) in [4.78, 5) is 26.2. The predicted octanol–water partition coefficient (Wildman–Crippen LogP) is 0.431. The molecule has 1 saturated carbocycles. The fourth-order valence-electron chi connectivity index (χ4n) is 3.35. The van der Waals surface area contributed by atoms with Crippen molar-refractivity contribution < 1.29 is 14.7 Å². The summed E-state index contributed by atoms with van der Waals surface area (Å²) in [6.07, 6.45) is 3.19. The van der Waals surface area contributed by atoms with Gasteiger partial charge in [0.05, 0.1) is 11.0 Å². The number of hydrogen-bond acceptors (Lipinski definition) is 4. The molecule has 2 rings (SSSR count). The number of piperazine rings is 1. The van der Waals surface area contributed by atoms with Gasteiger partial charge in [-0.3, -0.25) is 14.5 Å². The molecule has 0 bridgehead atoms. The quantitative estimate of drug-likeness (QED) is 0.686. The first-order valence-electron chi connectivity index (χ1n) is 7.86. The minimum atomic E-state index is -0.778. The monoisotopic (exact) mass is 297 g/mol. The number of carbonyl (C=O) groups excluding carboxylic acids is 1. The van der Waals surface area contributed by atoms with E-state index in [9.17, 15) is 14.7 Å². The molecule has 2 aliphatic rings. The minimum absolute atomic E-state index is 0.0723. The lowest BCUT2D eigenvalue weighted by Gasteiger charge is -2.40. The zero-order valence-electron chi connectivity index (χ0n) is 13.1. The number of carboxylic acid groups (broad SMARTS) is 1. The first-order chi connectivity index (χ1) is 9.88. The molecule has 2 fully saturated rings. The third-order valence-electron chi connectivity index (χ3n) is 5.06. The molecule has 0 radical (unpaired) electrons.